The van der Waals surface area contributed by atoms with Gasteiger partial charge in [0.15, 0.2) is 10.8 Å². The first-order valence-corrected chi connectivity index (χ1v) is 14.6. The molecule has 4 rings (SSSR count). The van der Waals surface area contributed by atoms with Gasteiger partial charge in [-0.05, 0) is 60.4 Å². The highest BCUT2D eigenvalue weighted by molar-refractivity contribution is 7.92. The van der Waals surface area contributed by atoms with Gasteiger partial charge in [-0.25, -0.2) is 13.4 Å². The molecule has 0 aliphatic carbocycles. The van der Waals surface area contributed by atoms with Gasteiger partial charge >= 0.3 is 0 Å². The van der Waals surface area contributed by atoms with Crippen LogP contribution in [0.2, 0.25) is 0 Å². The lowest BCUT2D eigenvalue weighted by molar-refractivity contribution is -0.139. The highest BCUT2D eigenvalue weighted by Crippen LogP contribution is 2.33. The molecule has 1 amide bonds. The van der Waals surface area contributed by atoms with Crippen molar-refractivity contribution in [2.45, 2.75) is 61.9 Å². The number of sulfone groups is 1. The number of aromatic nitrogens is 1. The monoisotopic (exact) mass is 533 g/mol. The zero-order valence-electron chi connectivity index (χ0n) is 21.9. The summed E-state index contributed by atoms with van der Waals surface area (Å²) in [5.41, 5.74) is 8.93. The molecular weight excluding hydrogens is 498 g/mol. The molecule has 0 saturated carbocycles. The number of likely N-dealkylation sites (tertiary alicyclic amines) is 1. The summed E-state index contributed by atoms with van der Waals surface area (Å²) in [5, 5.41) is -1.96. The molecule has 2 aromatic carbocycles. The Kier molecular flexibility index (Phi) is 8.74. The average molecular weight is 534 g/mol. The van der Waals surface area contributed by atoms with E-state index in [4.69, 9.17) is 5.73 Å². The molecule has 1 aliphatic heterocycles. The van der Waals surface area contributed by atoms with Crippen molar-refractivity contribution in [3.05, 3.63) is 84.6 Å². The van der Waals surface area contributed by atoms with E-state index < -0.39 is 33.0 Å². The number of nitrogens with zero attached hydrogens (tertiary/aromatic N) is 2. The number of rotatable bonds is 7. The highest BCUT2D eigenvalue weighted by Gasteiger charge is 2.46. The number of hydrogen-bond acceptors (Lipinski definition) is 6. The Morgan fingerprint density at radius 3 is 2.39 bits per heavy atom. The number of benzene rings is 2. The third-order valence-corrected chi connectivity index (χ3v) is 8.86. The molecule has 1 aromatic heterocycles. The summed E-state index contributed by atoms with van der Waals surface area (Å²) in [6.45, 7) is 4.21. The predicted octanol–water partition coefficient (Wildman–Crippen LogP) is 4.59. The van der Waals surface area contributed by atoms with E-state index in [1.54, 1.807) is 12.1 Å². The minimum Gasteiger partial charge on any atom is -0.321 e. The second kappa shape index (κ2) is 12.0. The summed E-state index contributed by atoms with van der Waals surface area (Å²) in [4.78, 5) is 33.1. The molecule has 2 N–H and O–H groups in total. The van der Waals surface area contributed by atoms with Crippen LogP contribution in [-0.4, -0.2) is 48.0 Å². The van der Waals surface area contributed by atoms with Crippen LogP contribution < -0.4 is 5.73 Å². The van der Waals surface area contributed by atoms with Crippen LogP contribution in [0.15, 0.2) is 84.0 Å². The van der Waals surface area contributed by atoms with Crippen LogP contribution in [0.25, 0.3) is 11.1 Å². The van der Waals surface area contributed by atoms with E-state index in [-0.39, 0.29) is 23.4 Å². The molecule has 8 heteroatoms. The first-order chi connectivity index (χ1) is 18.2. The topological polar surface area (TPSA) is 110 Å². The second-order valence-electron chi connectivity index (χ2n) is 10.3. The van der Waals surface area contributed by atoms with E-state index in [0.717, 1.165) is 16.7 Å². The Labute approximate surface area is 225 Å². The van der Waals surface area contributed by atoms with Crippen LogP contribution in [-0.2, 0) is 19.4 Å². The number of Topliss-reactive ketones (excluding diaryl/α,β-unsaturated/α-hetero) is 1. The van der Waals surface area contributed by atoms with Crippen molar-refractivity contribution in [3.63, 3.8) is 0 Å². The van der Waals surface area contributed by atoms with E-state index >= 15 is 0 Å². The summed E-state index contributed by atoms with van der Waals surface area (Å²) >= 11 is 0. The van der Waals surface area contributed by atoms with Crippen LogP contribution in [0, 0.1) is 5.92 Å². The molecular formula is C30H35N3O4S. The molecule has 1 saturated heterocycles. The third kappa shape index (κ3) is 6.03. The zero-order chi connectivity index (χ0) is 27.3. The number of hydrogen-bond donors (Lipinski definition) is 1. The summed E-state index contributed by atoms with van der Waals surface area (Å²) in [7, 11) is -4.31. The summed E-state index contributed by atoms with van der Waals surface area (Å²) in [5.74, 6) is -1.51. The van der Waals surface area contributed by atoms with Gasteiger partial charge in [-0.3, -0.25) is 9.59 Å². The standard InChI is InChI=1S/C30H35N3O4S/c1-21(2)19-25(24-14-10-13-23(20-24)22-11-4-3-5-12-22)29(35)33-18-9-7-15-26(31)28(34)30(33)38(36,37)27-16-6-8-17-32-27/h3-6,8,10-14,16-17,20-21,25-26,30H,7,9,15,18-19,31H2,1-2H3. The highest BCUT2D eigenvalue weighted by atomic mass is 32.2. The summed E-state index contributed by atoms with van der Waals surface area (Å²) < 4.78 is 27.6. The number of nitrogens with two attached hydrogens (primary N) is 1. The van der Waals surface area contributed by atoms with Gasteiger partial charge in [-0.2, -0.15) is 0 Å². The van der Waals surface area contributed by atoms with Gasteiger partial charge in [0.1, 0.15) is 0 Å². The Morgan fingerprint density at radius 2 is 1.71 bits per heavy atom. The lowest BCUT2D eigenvalue weighted by Crippen LogP contribution is -2.56. The summed E-state index contributed by atoms with van der Waals surface area (Å²) in [6.07, 6.45) is 3.43. The molecule has 1 aliphatic rings. The Morgan fingerprint density at radius 1 is 1.00 bits per heavy atom. The number of carbonyl (C=O) groups excluding carboxylic acids is 2. The van der Waals surface area contributed by atoms with E-state index in [0.29, 0.717) is 25.7 Å². The quantitative estimate of drug-likeness (QED) is 0.476. The molecule has 3 unspecified atom stereocenters. The van der Waals surface area contributed by atoms with Gasteiger partial charge in [-0.1, -0.05) is 74.5 Å². The molecule has 2 heterocycles. The largest absolute Gasteiger partial charge is 0.321 e. The van der Waals surface area contributed by atoms with Crippen LogP contribution in [0.4, 0.5) is 0 Å². The Bertz CT molecular complexity index is 1360. The molecule has 7 nitrogen and oxygen atoms in total. The Balaban J connectivity index is 1.80. The van der Waals surface area contributed by atoms with Crippen LogP contribution in [0.5, 0.6) is 0 Å². The molecule has 1 fully saturated rings. The van der Waals surface area contributed by atoms with Gasteiger partial charge in [0.05, 0.1) is 12.0 Å². The molecule has 3 atom stereocenters. The fraction of sp³-hybridized carbons (Fsp3) is 0.367. The van der Waals surface area contributed by atoms with Crippen molar-refractivity contribution in [2.24, 2.45) is 11.7 Å². The molecule has 3 aromatic rings. The van der Waals surface area contributed by atoms with E-state index in [1.165, 1.54) is 17.2 Å². The number of pyridine rings is 1. The predicted molar refractivity (Wildman–Crippen MR) is 148 cm³/mol. The zero-order valence-corrected chi connectivity index (χ0v) is 22.7. The maximum Gasteiger partial charge on any atom is 0.231 e. The van der Waals surface area contributed by atoms with Gasteiger partial charge < -0.3 is 10.6 Å². The van der Waals surface area contributed by atoms with Gasteiger partial charge in [0, 0.05) is 12.7 Å². The maximum atomic E-state index is 14.3. The molecule has 0 radical (unpaired) electrons. The van der Waals surface area contributed by atoms with Crippen molar-refractivity contribution in [1.82, 2.24) is 9.88 Å². The number of carbonyl (C=O) groups is 2. The first kappa shape index (κ1) is 27.7. The van der Waals surface area contributed by atoms with Crippen molar-refractivity contribution >= 4 is 21.5 Å². The van der Waals surface area contributed by atoms with Crippen molar-refractivity contribution < 1.29 is 18.0 Å². The van der Waals surface area contributed by atoms with Gasteiger partial charge in [0.2, 0.25) is 21.1 Å². The molecule has 200 valence electrons. The first-order valence-electron chi connectivity index (χ1n) is 13.1. The van der Waals surface area contributed by atoms with Crippen molar-refractivity contribution in [2.75, 3.05) is 6.54 Å². The maximum absolute atomic E-state index is 14.3. The van der Waals surface area contributed by atoms with Crippen molar-refractivity contribution in [1.29, 1.82) is 0 Å². The fourth-order valence-electron chi connectivity index (χ4n) is 5.04. The van der Waals surface area contributed by atoms with E-state index in [9.17, 15) is 18.0 Å². The minimum absolute atomic E-state index is 0.154. The molecule has 0 spiro atoms. The van der Waals surface area contributed by atoms with Crippen molar-refractivity contribution in [3.8, 4) is 11.1 Å². The molecule has 0 bridgehead atoms. The Hall–Kier alpha value is -3.36. The van der Waals surface area contributed by atoms with Gasteiger partial charge in [0.25, 0.3) is 0 Å². The van der Waals surface area contributed by atoms with Crippen LogP contribution in [0.1, 0.15) is 51.0 Å². The normalized spacial score (nSPS) is 19.6. The number of ketones is 1. The lowest BCUT2D eigenvalue weighted by atomic mass is 9.87. The minimum atomic E-state index is -4.31. The van der Waals surface area contributed by atoms with Crippen LogP contribution >= 0.6 is 0 Å². The third-order valence-electron chi connectivity index (χ3n) is 6.96. The molecule has 38 heavy (non-hydrogen) atoms. The SMILES string of the molecule is CC(C)CC(C(=O)N1CCCCC(N)C(=O)C1S(=O)(=O)c1ccccn1)c1cccc(-c2ccccc2)c1. The lowest BCUT2D eigenvalue weighted by Gasteiger charge is -2.36. The average Bonchev–Trinajstić information content (AvgIpc) is 2.92. The van der Waals surface area contributed by atoms with Crippen LogP contribution in [0.3, 0.4) is 0 Å². The van der Waals surface area contributed by atoms with E-state index in [1.807, 2.05) is 68.4 Å². The number of amides is 1. The fourth-order valence-corrected chi connectivity index (χ4v) is 6.76. The second-order valence-corrected chi connectivity index (χ2v) is 12.2. The van der Waals surface area contributed by atoms with Gasteiger partial charge in [-0.15, -0.1) is 0 Å². The summed E-state index contributed by atoms with van der Waals surface area (Å²) in [6, 6.07) is 21.2. The van der Waals surface area contributed by atoms with E-state index in [2.05, 4.69) is 4.98 Å². The smallest absolute Gasteiger partial charge is 0.231 e.